The second-order valence-corrected chi connectivity index (χ2v) is 3.17. The molecule has 0 fully saturated rings. The molecule has 0 saturated carbocycles. The Hall–Kier alpha value is -1.57. The minimum Gasteiger partial charge on any atom is -0.478 e. The number of hydrogen-bond donors (Lipinski definition) is 1. The number of fused-ring (bicyclic) bond motifs is 1. The molecule has 0 radical (unpaired) electrons. The van der Waals surface area contributed by atoms with Crippen LogP contribution < -0.4 is 0 Å². The number of hydrogen-bond acceptors (Lipinski definition) is 1. The molecule has 1 N–H and O–H groups in total. The Bertz CT molecular complexity index is 377. The first kappa shape index (κ1) is 8.05. The topological polar surface area (TPSA) is 37.3 Å². The first-order chi connectivity index (χ1) is 6.27. The van der Waals surface area contributed by atoms with Crippen molar-refractivity contribution in [2.75, 3.05) is 0 Å². The van der Waals surface area contributed by atoms with E-state index in [9.17, 15) is 4.79 Å². The Balaban J connectivity index is 2.44. The zero-order chi connectivity index (χ0) is 9.26. The third-order valence-corrected chi connectivity index (χ3v) is 2.32. The average Bonchev–Trinajstić information content (AvgIpc) is 2.17. The van der Waals surface area contributed by atoms with E-state index in [0.29, 0.717) is 12.0 Å². The highest BCUT2D eigenvalue weighted by Crippen LogP contribution is 2.23. The van der Waals surface area contributed by atoms with Gasteiger partial charge in [-0.05, 0) is 30.0 Å². The van der Waals surface area contributed by atoms with Crippen molar-refractivity contribution in [2.24, 2.45) is 0 Å². The SMILES string of the molecule is O=C(O)C1=Cc2ccccc2CC1. The van der Waals surface area contributed by atoms with Gasteiger partial charge in [-0.25, -0.2) is 4.79 Å². The molecular weight excluding hydrogens is 164 g/mol. The second-order valence-electron chi connectivity index (χ2n) is 3.17. The third-order valence-electron chi connectivity index (χ3n) is 2.32. The smallest absolute Gasteiger partial charge is 0.331 e. The normalized spacial score (nSPS) is 14.6. The maximum atomic E-state index is 10.7. The van der Waals surface area contributed by atoms with Gasteiger partial charge in [0, 0.05) is 5.57 Å². The molecule has 2 rings (SSSR count). The number of rotatable bonds is 1. The molecular formula is C11H10O2. The molecule has 0 heterocycles. The highest BCUT2D eigenvalue weighted by atomic mass is 16.4. The van der Waals surface area contributed by atoms with Crippen molar-refractivity contribution in [3.63, 3.8) is 0 Å². The summed E-state index contributed by atoms with van der Waals surface area (Å²) < 4.78 is 0. The van der Waals surface area contributed by atoms with Crippen LogP contribution in [0.3, 0.4) is 0 Å². The molecule has 0 saturated heterocycles. The minimum atomic E-state index is -0.797. The van der Waals surface area contributed by atoms with Crippen molar-refractivity contribution in [1.29, 1.82) is 0 Å². The van der Waals surface area contributed by atoms with Crippen LogP contribution in [-0.2, 0) is 11.2 Å². The predicted octanol–water partition coefficient (Wildman–Crippen LogP) is 2.10. The molecule has 0 aliphatic heterocycles. The maximum Gasteiger partial charge on any atom is 0.331 e. The van der Waals surface area contributed by atoms with Crippen LogP contribution in [0.5, 0.6) is 0 Å². The lowest BCUT2D eigenvalue weighted by Gasteiger charge is -2.12. The fourth-order valence-corrected chi connectivity index (χ4v) is 1.60. The van der Waals surface area contributed by atoms with E-state index in [1.807, 2.05) is 24.3 Å². The van der Waals surface area contributed by atoms with Crippen LogP contribution in [0, 0.1) is 0 Å². The molecule has 1 aromatic carbocycles. The Morgan fingerprint density at radius 3 is 2.77 bits per heavy atom. The summed E-state index contributed by atoms with van der Waals surface area (Å²) >= 11 is 0. The molecule has 1 aromatic rings. The van der Waals surface area contributed by atoms with E-state index in [-0.39, 0.29) is 0 Å². The van der Waals surface area contributed by atoms with Crippen molar-refractivity contribution in [2.45, 2.75) is 12.8 Å². The number of aliphatic carboxylic acids is 1. The number of carboxylic acids is 1. The maximum absolute atomic E-state index is 10.7. The van der Waals surface area contributed by atoms with Gasteiger partial charge in [-0.1, -0.05) is 24.3 Å². The minimum absolute atomic E-state index is 0.513. The summed E-state index contributed by atoms with van der Waals surface area (Å²) in [6, 6.07) is 7.92. The molecule has 13 heavy (non-hydrogen) atoms. The third kappa shape index (κ3) is 1.47. The van der Waals surface area contributed by atoms with Gasteiger partial charge in [0.05, 0.1) is 0 Å². The summed E-state index contributed by atoms with van der Waals surface area (Å²) in [5, 5.41) is 8.80. The van der Waals surface area contributed by atoms with Gasteiger partial charge >= 0.3 is 5.97 Å². The Kier molecular flexibility index (Phi) is 1.89. The number of carbonyl (C=O) groups is 1. The van der Waals surface area contributed by atoms with E-state index in [0.717, 1.165) is 12.0 Å². The predicted molar refractivity (Wildman–Crippen MR) is 50.4 cm³/mol. The van der Waals surface area contributed by atoms with Crippen LogP contribution in [0.1, 0.15) is 17.5 Å². The molecule has 66 valence electrons. The van der Waals surface area contributed by atoms with E-state index in [1.165, 1.54) is 5.56 Å². The lowest BCUT2D eigenvalue weighted by molar-refractivity contribution is -0.132. The van der Waals surface area contributed by atoms with Crippen LogP contribution >= 0.6 is 0 Å². The molecule has 0 aromatic heterocycles. The highest BCUT2D eigenvalue weighted by molar-refractivity contribution is 5.93. The summed E-state index contributed by atoms with van der Waals surface area (Å²) in [6.45, 7) is 0. The zero-order valence-electron chi connectivity index (χ0n) is 7.16. The van der Waals surface area contributed by atoms with E-state index >= 15 is 0 Å². The van der Waals surface area contributed by atoms with Crippen molar-refractivity contribution in [1.82, 2.24) is 0 Å². The Morgan fingerprint density at radius 2 is 2.00 bits per heavy atom. The summed E-state index contributed by atoms with van der Waals surface area (Å²) in [4.78, 5) is 10.7. The largest absolute Gasteiger partial charge is 0.478 e. The van der Waals surface area contributed by atoms with Gasteiger partial charge in [0.25, 0.3) is 0 Å². The van der Waals surface area contributed by atoms with E-state index in [1.54, 1.807) is 6.08 Å². The summed E-state index contributed by atoms with van der Waals surface area (Å²) in [5.74, 6) is -0.797. The number of aryl methyl sites for hydroxylation is 1. The molecule has 2 nitrogen and oxygen atoms in total. The van der Waals surface area contributed by atoms with E-state index < -0.39 is 5.97 Å². The quantitative estimate of drug-likeness (QED) is 0.707. The number of carboxylic acid groups (broad SMARTS) is 1. The van der Waals surface area contributed by atoms with Crippen molar-refractivity contribution >= 4 is 12.0 Å². The van der Waals surface area contributed by atoms with Gasteiger partial charge in [0.15, 0.2) is 0 Å². The molecule has 0 unspecified atom stereocenters. The Labute approximate surface area is 76.5 Å². The molecule has 1 aliphatic rings. The first-order valence-electron chi connectivity index (χ1n) is 4.29. The van der Waals surface area contributed by atoms with E-state index in [2.05, 4.69) is 0 Å². The van der Waals surface area contributed by atoms with Crippen LogP contribution in [0.4, 0.5) is 0 Å². The molecule has 0 atom stereocenters. The molecule has 1 aliphatic carbocycles. The van der Waals surface area contributed by atoms with Gasteiger partial charge in [-0.3, -0.25) is 0 Å². The summed E-state index contributed by atoms with van der Waals surface area (Å²) in [7, 11) is 0. The summed E-state index contributed by atoms with van der Waals surface area (Å²) in [6.07, 6.45) is 3.25. The van der Waals surface area contributed by atoms with Gasteiger partial charge in [0.1, 0.15) is 0 Å². The van der Waals surface area contributed by atoms with Gasteiger partial charge in [-0.15, -0.1) is 0 Å². The van der Waals surface area contributed by atoms with Crippen molar-refractivity contribution < 1.29 is 9.90 Å². The fourth-order valence-electron chi connectivity index (χ4n) is 1.60. The van der Waals surface area contributed by atoms with Crippen LogP contribution in [0.2, 0.25) is 0 Å². The summed E-state index contributed by atoms with van der Waals surface area (Å²) in [5.41, 5.74) is 2.80. The highest BCUT2D eigenvalue weighted by Gasteiger charge is 2.13. The molecule has 0 spiro atoms. The second kappa shape index (κ2) is 3.05. The van der Waals surface area contributed by atoms with Gasteiger partial charge in [-0.2, -0.15) is 0 Å². The Morgan fingerprint density at radius 1 is 1.23 bits per heavy atom. The fraction of sp³-hybridized carbons (Fsp3) is 0.182. The van der Waals surface area contributed by atoms with E-state index in [4.69, 9.17) is 5.11 Å². The van der Waals surface area contributed by atoms with Crippen molar-refractivity contribution in [3.05, 3.63) is 41.0 Å². The zero-order valence-corrected chi connectivity index (χ0v) is 7.16. The molecule has 0 bridgehead atoms. The van der Waals surface area contributed by atoms with Gasteiger partial charge in [0.2, 0.25) is 0 Å². The van der Waals surface area contributed by atoms with Gasteiger partial charge < -0.3 is 5.11 Å². The van der Waals surface area contributed by atoms with Crippen LogP contribution in [0.25, 0.3) is 6.08 Å². The lowest BCUT2D eigenvalue weighted by Crippen LogP contribution is -2.06. The van der Waals surface area contributed by atoms with Crippen molar-refractivity contribution in [3.8, 4) is 0 Å². The monoisotopic (exact) mass is 174 g/mol. The average molecular weight is 174 g/mol. The van der Waals surface area contributed by atoms with Crippen LogP contribution in [-0.4, -0.2) is 11.1 Å². The van der Waals surface area contributed by atoms with Crippen LogP contribution in [0.15, 0.2) is 29.8 Å². The standard InChI is InChI=1S/C11H10O2/c12-11(13)10-6-5-8-3-1-2-4-9(8)7-10/h1-4,7H,5-6H2,(H,12,13). The lowest BCUT2D eigenvalue weighted by atomic mass is 9.92. The number of benzene rings is 1. The first-order valence-corrected chi connectivity index (χ1v) is 4.29. The molecule has 2 heteroatoms. The molecule has 0 amide bonds.